The monoisotopic (exact) mass is 857 g/mol. The van der Waals surface area contributed by atoms with E-state index in [2.05, 4.69) is 62.4 Å². The van der Waals surface area contributed by atoms with E-state index in [0.29, 0.717) is 22.8 Å². The number of allylic oxidation sites excluding steroid dienone is 2. The van der Waals surface area contributed by atoms with Gasteiger partial charge in [0.05, 0.1) is 0 Å². The number of rotatable bonds is 4. The maximum absolute atomic E-state index is 15.7. The molecule has 1 radical (unpaired) electrons. The van der Waals surface area contributed by atoms with Crippen molar-refractivity contribution in [3.63, 3.8) is 0 Å². The summed E-state index contributed by atoms with van der Waals surface area (Å²) in [6, 6.07) is 33.7. The van der Waals surface area contributed by atoms with Crippen molar-refractivity contribution in [1.82, 2.24) is 4.98 Å². The van der Waals surface area contributed by atoms with Gasteiger partial charge in [0.1, 0.15) is 11.3 Å². The summed E-state index contributed by atoms with van der Waals surface area (Å²) < 4.78 is 22.0. The Labute approximate surface area is 312 Å². The van der Waals surface area contributed by atoms with E-state index < -0.39 is 5.41 Å². The van der Waals surface area contributed by atoms with Gasteiger partial charge < -0.3 is 9.52 Å². The molecule has 0 fully saturated rings. The molecule has 0 saturated carbocycles. The quantitative estimate of drug-likeness (QED) is 0.0829. The number of furan rings is 1. The molecule has 0 spiro atoms. The Morgan fingerprint density at radius 2 is 1.49 bits per heavy atom. The summed E-state index contributed by atoms with van der Waals surface area (Å²) in [6.45, 7) is 15.5. The van der Waals surface area contributed by atoms with Gasteiger partial charge in [-0.2, -0.15) is 0 Å². The van der Waals surface area contributed by atoms with Crippen molar-refractivity contribution < 1.29 is 38.8 Å². The molecule has 0 atom stereocenters. The van der Waals surface area contributed by atoms with E-state index in [1.807, 2.05) is 90.1 Å². The minimum Gasteiger partial charge on any atom is -0.512 e. The standard InChI is InChI=1S/C34H23FNO.C11H20O2.Ir/c1-20(2)29-19-24(18-23-13-12-22-10-6-7-11-25(22)30(23)29)32-34-28(16-17-36-32)27-15-14-26(31(35)33(27)37-34)21-8-4-3-5-9-21;1-10(2,3)8(12)7-9(13)11(4,5)6;/h3-17,19-20H,1-2H3;7,12H,1-6H3;/q-1;;/b;8-7-;. The molecule has 51 heavy (non-hydrogen) atoms. The van der Waals surface area contributed by atoms with Crippen LogP contribution >= 0.6 is 0 Å². The number of carbonyl (C=O) groups excluding carboxylic acids is 1. The number of aliphatic hydroxyl groups excluding tert-OH is 1. The third-order valence-electron chi connectivity index (χ3n) is 9.02. The molecule has 7 aromatic rings. The molecule has 2 heterocycles. The molecule has 0 aliphatic carbocycles. The van der Waals surface area contributed by atoms with Crippen molar-refractivity contribution in [1.29, 1.82) is 0 Å². The van der Waals surface area contributed by atoms with Crippen LogP contribution in [0.3, 0.4) is 0 Å². The summed E-state index contributed by atoms with van der Waals surface area (Å²) >= 11 is 0. The van der Waals surface area contributed by atoms with Gasteiger partial charge >= 0.3 is 0 Å². The third-order valence-corrected chi connectivity index (χ3v) is 9.02. The van der Waals surface area contributed by atoms with Gasteiger partial charge in [-0.05, 0) is 34.4 Å². The predicted octanol–water partition coefficient (Wildman–Crippen LogP) is 12.8. The second kappa shape index (κ2) is 14.5. The number of nitrogens with zero attached hydrogens (tertiary/aromatic N) is 1. The van der Waals surface area contributed by atoms with Crippen LogP contribution in [0.2, 0.25) is 0 Å². The van der Waals surface area contributed by atoms with E-state index in [-0.39, 0.29) is 48.5 Å². The molecule has 2 aromatic heterocycles. The minimum atomic E-state index is -0.417. The van der Waals surface area contributed by atoms with Gasteiger partial charge in [0.25, 0.3) is 0 Å². The van der Waals surface area contributed by atoms with Crippen LogP contribution in [0.25, 0.3) is 65.9 Å². The molecule has 4 nitrogen and oxygen atoms in total. The second-order valence-corrected chi connectivity index (χ2v) is 15.2. The van der Waals surface area contributed by atoms with Crippen molar-refractivity contribution in [2.75, 3.05) is 0 Å². The molecular weight excluding hydrogens is 814 g/mol. The van der Waals surface area contributed by atoms with Gasteiger partial charge in [-0.25, -0.2) is 4.39 Å². The van der Waals surface area contributed by atoms with Crippen molar-refractivity contribution >= 4 is 49.3 Å². The van der Waals surface area contributed by atoms with Crippen LogP contribution in [-0.4, -0.2) is 15.9 Å². The molecule has 0 aliphatic heterocycles. The Morgan fingerprint density at radius 1 is 0.824 bits per heavy atom. The topological polar surface area (TPSA) is 63.3 Å². The zero-order valence-corrected chi connectivity index (χ0v) is 32.7. The Balaban J connectivity index is 0.000000310. The first-order valence-corrected chi connectivity index (χ1v) is 17.0. The Kier molecular flexibility index (Phi) is 10.7. The average Bonchev–Trinajstić information content (AvgIpc) is 3.47. The largest absolute Gasteiger partial charge is 0.512 e. The van der Waals surface area contributed by atoms with E-state index in [0.717, 1.165) is 27.3 Å². The fraction of sp³-hybridized carbons (Fsp3) is 0.244. The van der Waals surface area contributed by atoms with Crippen LogP contribution in [0.15, 0.2) is 113 Å². The first kappa shape index (κ1) is 37.6. The molecule has 0 unspecified atom stereocenters. The SMILES string of the molecule is CC(C)(C)C(=O)/C=C(\O)C(C)(C)C.CC(C)c1cc(-c2nccc3c2oc2c(F)c(-c4ccccc4)ccc23)[c-]c2ccc3ccccc3c12.[Ir]. The second-order valence-electron chi connectivity index (χ2n) is 15.2. The molecule has 1 N–H and O–H groups in total. The molecule has 6 heteroatoms. The normalized spacial score (nSPS) is 12.3. The van der Waals surface area contributed by atoms with E-state index in [9.17, 15) is 9.90 Å². The number of aliphatic hydroxyl groups is 1. The molecule has 5 aromatic carbocycles. The minimum absolute atomic E-state index is 0. The fourth-order valence-corrected chi connectivity index (χ4v) is 6.00. The van der Waals surface area contributed by atoms with Gasteiger partial charge in [0, 0.05) is 65.2 Å². The number of halogens is 1. The van der Waals surface area contributed by atoms with Gasteiger partial charge in [0.2, 0.25) is 0 Å². The van der Waals surface area contributed by atoms with E-state index in [1.54, 1.807) is 6.20 Å². The smallest absolute Gasteiger partial charge is 0.174 e. The van der Waals surface area contributed by atoms with Crippen molar-refractivity contribution in [2.24, 2.45) is 10.8 Å². The maximum atomic E-state index is 15.7. The number of carbonyl (C=O) groups is 1. The molecule has 0 aliphatic rings. The van der Waals surface area contributed by atoms with E-state index in [4.69, 9.17) is 9.40 Å². The third kappa shape index (κ3) is 7.54. The fourth-order valence-electron chi connectivity index (χ4n) is 6.00. The van der Waals surface area contributed by atoms with Crippen molar-refractivity contribution in [2.45, 2.75) is 61.3 Å². The predicted molar refractivity (Wildman–Crippen MR) is 205 cm³/mol. The summed E-state index contributed by atoms with van der Waals surface area (Å²) in [6.07, 6.45) is 3.10. The molecular formula is C45H43FIrNO3-. The number of hydrogen-bond donors (Lipinski definition) is 1. The molecule has 0 saturated heterocycles. The number of aromatic nitrogens is 1. The van der Waals surface area contributed by atoms with Crippen LogP contribution in [0.4, 0.5) is 4.39 Å². The van der Waals surface area contributed by atoms with Crippen LogP contribution in [-0.2, 0) is 24.9 Å². The summed E-state index contributed by atoms with van der Waals surface area (Å²) in [7, 11) is 0. The van der Waals surface area contributed by atoms with Gasteiger partial charge in [-0.1, -0.05) is 133 Å². The summed E-state index contributed by atoms with van der Waals surface area (Å²) in [4.78, 5) is 16.2. The first-order valence-electron chi connectivity index (χ1n) is 17.0. The van der Waals surface area contributed by atoms with Crippen LogP contribution in [0.5, 0.6) is 0 Å². The number of pyridine rings is 1. The van der Waals surface area contributed by atoms with Gasteiger partial charge in [0.15, 0.2) is 17.2 Å². The van der Waals surface area contributed by atoms with Crippen molar-refractivity contribution in [3.8, 4) is 22.4 Å². The summed E-state index contributed by atoms with van der Waals surface area (Å²) in [5, 5.41) is 15.8. The van der Waals surface area contributed by atoms with Crippen LogP contribution in [0, 0.1) is 22.7 Å². The number of hydrogen-bond acceptors (Lipinski definition) is 4. The molecule has 0 amide bonds. The number of ketones is 1. The molecule has 263 valence electrons. The van der Waals surface area contributed by atoms with Crippen molar-refractivity contribution in [3.05, 3.63) is 126 Å². The number of benzene rings is 5. The Bertz CT molecular complexity index is 2410. The van der Waals surface area contributed by atoms with Crippen LogP contribution < -0.4 is 0 Å². The Hall–Kier alpha value is -4.64. The number of fused-ring (bicyclic) bond motifs is 6. The molecule has 7 rings (SSSR count). The Morgan fingerprint density at radius 3 is 2.16 bits per heavy atom. The zero-order chi connectivity index (χ0) is 36.0. The maximum Gasteiger partial charge on any atom is 0.174 e. The molecule has 0 bridgehead atoms. The van der Waals surface area contributed by atoms with Gasteiger partial charge in [-0.3, -0.25) is 9.78 Å². The summed E-state index contributed by atoms with van der Waals surface area (Å²) in [5.74, 6) is 0.0393. The van der Waals surface area contributed by atoms with E-state index >= 15 is 4.39 Å². The first-order chi connectivity index (χ1) is 23.6. The van der Waals surface area contributed by atoms with Crippen LogP contribution in [0.1, 0.15) is 66.9 Å². The summed E-state index contributed by atoms with van der Waals surface area (Å²) in [5.41, 5.74) is 4.15. The van der Waals surface area contributed by atoms with Gasteiger partial charge in [-0.15, -0.1) is 29.1 Å². The zero-order valence-electron chi connectivity index (χ0n) is 30.3. The average molecular weight is 857 g/mol. The van der Waals surface area contributed by atoms with E-state index in [1.165, 1.54) is 27.8 Å².